The Morgan fingerprint density at radius 2 is 1.86 bits per heavy atom. The molecule has 2 aromatic rings. The maximum Gasteiger partial charge on any atom is 0.134 e. The van der Waals surface area contributed by atoms with E-state index in [0.29, 0.717) is 16.7 Å². The van der Waals surface area contributed by atoms with Crippen LogP contribution in [0, 0.1) is 0 Å². The lowest BCUT2D eigenvalue weighted by atomic mass is 10.2. The highest BCUT2D eigenvalue weighted by molar-refractivity contribution is 9.10. The van der Waals surface area contributed by atoms with E-state index < -0.39 is 0 Å². The minimum absolute atomic E-state index is 0.337. The molecule has 112 valence electrons. The summed E-state index contributed by atoms with van der Waals surface area (Å²) >= 11 is 15.8. The van der Waals surface area contributed by atoms with Crippen molar-refractivity contribution in [1.29, 1.82) is 0 Å². The topological polar surface area (TPSA) is 21.3 Å². The van der Waals surface area contributed by atoms with Gasteiger partial charge in [-0.1, -0.05) is 42.3 Å². The summed E-state index contributed by atoms with van der Waals surface area (Å²) in [5.74, 6) is 0.770. The normalized spacial score (nSPS) is 10.7. The maximum atomic E-state index is 6.13. The number of ether oxygens (including phenoxy) is 1. The molecule has 1 N–H and O–H groups in total. The van der Waals surface area contributed by atoms with E-state index in [1.165, 1.54) is 5.56 Å². The average molecular weight is 389 g/mol. The van der Waals surface area contributed by atoms with Crippen LogP contribution in [0.2, 0.25) is 10.0 Å². The molecule has 0 unspecified atom stereocenters. The van der Waals surface area contributed by atoms with Crippen LogP contribution in [0.5, 0.6) is 5.75 Å². The first kappa shape index (κ1) is 16.6. The molecule has 0 bridgehead atoms. The molecular formula is C16H16BrCl2NO. The van der Waals surface area contributed by atoms with Crippen molar-refractivity contribution < 1.29 is 4.74 Å². The lowest BCUT2D eigenvalue weighted by Gasteiger charge is -2.12. The molecule has 0 saturated carbocycles. The largest absolute Gasteiger partial charge is 0.488 e. The Labute approximate surface area is 143 Å². The SMILES string of the molecule is CCNCc1ccc(OCc2c(Cl)cccc2Cl)c(Br)c1. The Kier molecular flexibility index (Phi) is 6.37. The number of benzene rings is 2. The van der Waals surface area contributed by atoms with E-state index in [4.69, 9.17) is 27.9 Å². The highest BCUT2D eigenvalue weighted by atomic mass is 79.9. The third-order valence-electron chi connectivity index (χ3n) is 3.01. The molecule has 0 atom stereocenters. The van der Waals surface area contributed by atoms with Crippen LogP contribution in [-0.4, -0.2) is 6.54 Å². The van der Waals surface area contributed by atoms with Crippen LogP contribution in [0.1, 0.15) is 18.1 Å². The van der Waals surface area contributed by atoms with Gasteiger partial charge in [-0.2, -0.15) is 0 Å². The number of hydrogen-bond acceptors (Lipinski definition) is 2. The van der Waals surface area contributed by atoms with Crippen LogP contribution in [0.15, 0.2) is 40.9 Å². The lowest BCUT2D eigenvalue weighted by Crippen LogP contribution is -2.11. The van der Waals surface area contributed by atoms with Gasteiger partial charge in [-0.3, -0.25) is 0 Å². The zero-order chi connectivity index (χ0) is 15.2. The van der Waals surface area contributed by atoms with Gasteiger partial charge in [-0.25, -0.2) is 0 Å². The fourth-order valence-corrected chi connectivity index (χ4v) is 2.91. The summed E-state index contributed by atoms with van der Waals surface area (Å²) in [6.45, 7) is 4.20. The second kappa shape index (κ2) is 8.04. The molecule has 0 aromatic heterocycles. The van der Waals surface area contributed by atoms with Gasteiger partial charge in [0.2, 0.25) is 0 Å². The van der Waals surface area contributed by atoms with Gasteiger partial charge in [-0.05, 0) is 52.3 Å². The first-order chi connectivity index (χ1) is 10.1. The van der Waals surface area contributed by atoms with Crippen LogP contribution in [0.4, 0.5) is 0 Å². The molecule has 0 radical (unpaired) electrons. The molecule has 0 aliphatic carbocycles. The minimum atomic E-state index is 0.337. The summed E-state index contributed by atoms with van der Waals surface area (Å²) < 4.78 is 6.73. The number of hydrogen-bond donors (Lipinski definition) is 1. The van der Waals surface area contributed by atoms with Gasteiger partial charge in [0.1, 0.15) is 12.4 Å². The van der Waals surface area contributed by atoms with Crippen molar-refractivity contribution in [2.45, 2.75) is 20.1 Å². The van der Waals surface area contributed by atoms with E-state index in [2.05, 4.69) is 28.2 Å². The molecule has 21 heavy (non-hydrogen) atoms. The van der Waals surface area contributed by atoms with Gasteiger partial charge >= 0.3 is 0 Å². The van der Waals surface area contributed by atoms with Gasteiger partial charge < -0.3 is 10.1 Å². The van der Waals surface area contributed by atoms with E-state index in [0.717, 1.165) is 28.9 Å². The highest BCUT2D eigenvalue weighted by Gasteiger charge is 2.08. The quantitative estimate of drug-likeness (QED) is 0.710. The van der Waals surface area contributed by atoms with E-state index in [9.17, 15) is 0 Å². The van der Waals surface area contributed by atoms with Crippen molar-refractivity contribution in [3.8, 4) is 5.75 Å². The van der Waals surface area contributed by atoms with Crippen molar-refractivity contribution >= 4 is 39.1 Å². The van der Waals surface area contributed by atoms with Crippen LogP contribution in [-0.2, 0) is 13.2 Å². The Bertz CT molecular complexity index is 599. The Balaban J connectivity index is 2.06. The first-order valence-electron chi connectivity index (χ1n) is 6.66. The summed E-state index contributed by atoms with van der Waals surface area (Å²) in [5.41, 5.74) is 2.00. The Morgan fingerprint density at radius 3 is 2.48 bits per heavy atom. The van der Waals surface area contributed by atoms with Crippen molar-refractivity contribution in [3.05, 3.63) is 62.0 Å². The van der Waals surface area contributed by atoms with Crippen LogP contribution in [0.25, 0.3) is 0 Å². The summed E-state index contributed by atoms with van der Waals surface area (Å²) in [7, 11) is 0. The molecule has 0 aliphatic heterocycles. The molecule has 2 nitrogen and oxygen atoms in total. The summed E-state index contributed by atoms with van der Waals surface area (Å²) in [5, 5.41) is 4.51. The van der Waals surface area contributed by atoms with E-state index in [-0.39, 0.29) is 0 Å². The van der Waals surface area contributed by atoms with Crippen LogP contribution < -0.4 is 10.1 Å². The smallest absolute Gasteiger partial charge is 0.134 e. The third kappa shape index (κ3) is 4.62. The second-order valence-corrected chi connectivity index (χ2v) is 6.20. The van der Waals surface area contributed by atoms with E-state index in [1.54, 1.807) is 12.1 Å². The summed E-state index contributed by atoms with van der Waals surface area (Å²) in [6.07, 6.45) is 0. The van der Waals surface area contributed by atoms with Crippen molar-refractivity contribution in [1.82, 2.24) is 5.32 Å². The van der Waals surface area contributed by atoms with E-state index >= 15 is 0 Å². The monoisotopic (exact) mass is 387 g/mol. The number of nitrogens with one attached hydrogen (secondary N) is 1. The van der Waals surface area contributed by atoms with Crippen LogP contribution in [0.3, 0.4) is 0 Å². The highest BCUT2D eigenvalue weighted by Crippen LogP contribution is 2.30. The van der Waals surface area contributed by atoms with Crippen LogP contribution >= 0.6 is 39.1 Å². The van der Waals surface area contributed by atoms with Crippen molar-refractivity contribution in [3.63, 3.8) is 0 Å². The van der Waals surface area contributed by atoms with Gasteiger partial charge in [-0.15, -0.1) is 0 Å². The van der Waals surface area contributed by atoms with Gasteiger partial charge in [0.05, 0.1) is 4.47 Å². The van der Waals surface area contributed by atoms with Gasteiger partial charge in [0.25, 0.3) is 0 Å². The minimum Gasteiger partial charge on any atom is -0.488 e. The zero-order valence-corrected chi connectivity index (χ0v) is 14.7. The maximum absolute atomic E-state index is 6.13. The van der Waals surface area contributed by atoms with Crippen molar-refractivity contribution in [2.24, 2.45) is 0 Å². The fourth-order valence-electron chi connectivity index (χ4n) is 1.86. The molecule has 0 aliphatic rings. The Hall–Kier alpha value is -0.740. The molecule has 0 saturated heterocycles. The lowest BCUT2D eigenvalue weighted by molar-refractivity contribution is 0.304. The molecule has 5 heteroatoms. The predicted octanol–water partition coefficient (Wildman–Crippen LogP) is 5.44. The fraction of sp³-hybridized carbons (Fsp3) is 0.250. The Morgan fingerprint density at radius 1 is 1.14 bits per heavy atom. The standard InChI is InChI=1S/C16H16BrCl2NO/c1-2-20-9-11-6-7-16(13(17)8-11)21-10-12-14(18)4-3-5-15(12)19/h3-8,20H,2,9-10H2,1H3. The third-order valence-corrected chi connectivity index (χ3v) is 4.34. The summed E-state index contributed by atoms with van der Waals surface area (Å²) in [6, 6.07) is 11.5. The second-order valence-electron chi connectivity index (χ2n) is 4.53. The van der Waals surface area contributed by atoms with Gasteiger partial charge in [0, 0.05) is 22.2 Å². The number of rotatable bonds is 6. The zero-order valence-electron chi connectivity index (χ0n) is 11.6. The molecule has 2 rings (SSSR count). The molecular weight excluding hydrogens is 373 g/mol. The molecule has 2 aromatic carbocycles. The first-order valence-corrected chi connectivity index (χ1v) is 8.21. The van der Waals surface area contributed by atoms with Crippen molar-refractivity contribution in [2.75, 3.05) is 6.54 Å². The number of halogens is 3. The molecule has 0 amide bonds. The predicted molar refractivity (Wildman–Crippen MR) is 92.3 cm³/mol. The molecule has 0 fully saturated rings. The molecule has 0 heterocycles. The van der Waals surface area contributed by atoms with Gasteiger partial charge in [0.15, 0.2) is 0 Å². The van der Waals surface area contributed by atoms with E-state index in [1.807, 2.05) is 24.3 Å². The summed E-state index contributed by atoms with van der Waals surface area (Å²) in [4.78, 5) is 0. The average Bonchev–Trinajstić information content (AvgIpc) is 2.46. The molecule has 0 spiro atoms.